The largest absolute Gasteiger partial charge is 0.396 e. The number of rotatable bonds is 12. The number of unbranched alkanes of at least 4 members (excludes halogenated alkanes) is 1. The number of benzene rings is 2. The Kier molecular flexibility index (Phi) is 10.3. The van der Waals surface area contributed by atoms with Crippen molar-refractivity contribution in [3.05, 3.63) is 100 Å². The van der Waals surface area contributed by atoms with Crippen molar-refractivity contribution in [1.82, 2.24) is 9.55 Å². The molecule has 2 heterocycles. The number of para-hydroxylation sites is 1. The first-order chi connectivity index (χ1) is 20.3. The monoisotopic (exact) mass is 566 g/mol. The van der Waals surface area contributed by atoms with E-state index in [1.165, 1.54) is 0 Å². The third-order valence-corrected chi connectivity index (χ3v) is 7.50. The summed E-state index contributed by atoms with van der Waals surface area (Å²) in [5, 5.41) is 16.2. The van der Waals surface area contributed by atoms with Crippen molar-refractivity contribution in [2.75, 3.05) is 17.2 Å². The standard InChI is InChI=1S/C35H42N4O3/c1-6-7-8-20-39-33-29(18-11-19-36-33)30(26-15-9-13-25(22-26)14-12-21-40)32(34(39)41)38-35(42)37-31-27(23(2)3)16-10-17-28(31)24(4)5/h6,9-11,13,15-19,22-24,40H,1,7-8,12,14,20-21H2,2-5H3,(H2,37,38,42). The maximum Gasteiger partial charge on any atom is 0.323 e. The summed E-state index contributed by atoms with van der Waals surface area (Å²) >= 11 is 0. The number of aliphatic hydroxyl groups excluding tert-OH is 1. The van der Waals surface area contributed by atoms with Crippen LogP contribution >= 0.6 is 0 Å². The second-order valence-electron chi connectivity index (χ2n) is 11.2. The molecular weight excluding hydrogens is 524 g/mol. The van der Waals surface area contributed by atoms with E-state index < -0.39 is 6.03 Å². The van der Waals surface area contributed by atoms with Gasteiger partial charge in [-0.2, -0.15) is 0 Å². The minimum atomic E-state index is -0.472. The van der Waals surface area contributed by atoms with Crippen LogP contribution in [0.1, 0.15) is 75.5 Å². The maximum atomic E-state index is 14.2. The number of anilines is 2. The molecular formula is C35H42N4O3. The van der Waals surface area contributed by atoms with Gasteiger partial charge in [0.05, 0.1) is 0 Å². The van der Waals surface area contributed by atoms with Crippen molar-refractivity contribution < 1.29 is 9.90 Å². The maximum absolute atomic E-state index is 14.2. The summed E-state index contributed by atoms with van der Waals surface area (Å²) in [7, 11) is 0. The Bertz CT molecular complexity index is 1590. The zero-order valence-corrected chi connectivity index (χ0v) is 25.1. The highest BCUT2D eigenvalue weighted by molar-refractivity contribution is 6.07. The number of nitrogens with one attached hydrogen (secondary N) is 2. The number of pyridine rings is 2. The zero-order valence-electron chi connectivity index (χ0n) is 25.1. The Balaban J connectivity index is 1.88. The predicted octanol–water partition coefficient (Wildman–Crippen LogP) is 7.85. The van der Waals surface area contributed by atoms with Crippen molar-refractivity contribution in [2.24, 2.45) is 0 Å². The van der Waals surface area contributed by atoms with Gasteiger partial charge in [0.2, 0.25) is 0 Å². The molecule has 0 aliphatic heterocycles. The number of fused-ring (bicyclic) bond motifs is 1. The fourth-order valence-electron chi connectivity index (χ4n) is 5.42. The van der Waals surface area contributed by atoms with Gasteiger partial charge in [-0.1, -0.05) is 76.2 Å². The van der Waals surface area contributed by atoms with E-state index in [1.807, 2.05) is 60.7 Å². The number of urea groups is 1. The minimum absolute atomic E-state index is 0.0982. The average molecular weight is 567 g/mol. The van der Waals surface area contributed by atoms with Gasteiger partial charge in [0, 0.05) is 36.0 Å². The van der Waals surface area contributed by atoms with E-state index >= 15 is 0 Å². The van der Waals surface area contributed by atoms with Gasteiger partial charge in [-0.25, -0.2) is 9.78 Å². The molecule has 7 nitrogen and oxygen atoms in total. The first-order valence-electron chi connectivity index (χ1n) is 14.8. The number of amides is 2. The van der Waals surface area contributed by atoms with Crippen molar-refractivity contribution in [2.45, 2.75) is 71.8 Å². The van der Waals surface area contributed by atoms with Crippen LogP contribution in [0.4, 0.5) is 16.2 Å². The average Bonchev–Trinajstić information content (AvgIpc) is 2.98. The van der Waals surface area contributed by atoms with E-state index in [9.17, 15) is 14.7 Å². The van der Waals surface area contributed by atoms with Crippen molar-refractivity contribution in [3.63, 3.8) is 0 Å². The highest BCUT2D eigenvalue weighted by Crippen LogP contribution is 2.35. The van der Waals surface area contributed by atoms with Crippen LogP contribution in [0.15, 0.2) is 78.2 Å². The number of hydrogen-bond acceptors (Lipinski definition) is 4. The quantitative estimate of drug-likeness (QED) is 0.120. The Morgan fingerprint density at radius 3 is 2.33 bits per heavy atom. The molecule has 0 fully saturated rings. The lowest BCUT2D eigenvalue weighted by Crippen LogP contribution is -2.30. The van der Waals surface area contributed by atoms with E-state index in [-0.39, 0.29) is 29.7 Å². The number of aryl methyl sites for hydroxylation is 2. The highest BCUT2D eigenvalue weighted by atomic mass is 16.3. The van der Waals surface area contributed by atoms with Crippen LogP contribution in [-0.2, 0) is 13.0 Å². The first-order valence-corrected chi connectivity index (χ1v) is 14.8. The number of allylic oxidation sites excluding steroid dienone is 1. The molecule has 0 saturated heterocycles. The van der Waals surface area contributed by atoms with Crippen molar-refractivity contribution in [3.8, 4) is 11.1 Å². The van der Waals surface area contributed by atoms with E-state index in [4.69, 9.17) is 0 Å². The normalized spacial score (nSPS) is 11.3. The summed E-state index contributed by atoms with van der Waals surface area (Å²) in [6.07, 6.45) is 6.32. The molecule has 2 amide bonds. The van der Waals surface area contributed by atoms with Crippen LogP contribution in [0.2, 0.25) is 0 Å². The molecule has 0 atom stereocenters. The fraction of sp³-hybridized carbons (Fsp3) is 0.343. The molecule has 0 bridgehead atoms. The Morgan fingerprint density at radius 1 is 0.976 bits per heavy atom. The summed E-state index contributed by atoms with van der Waals surface area (Å²) in [6, 6.07) is 17.3. The second-order valence-corrected chi connectivity index (χ2v) is 11.2. The van der Waals surface area contributed by atoms with Crippen LogP contribution in [0.25, 0.3) is 22.2 Å². The molecule has 0 aliphatic rings. The molecule has 4 aromatic rings. The molecule has 0 saturated carbocycles. The van der Waals surface area contributed by atoms with Crippen molar-refractivity contribution in [1.29, 1.82) is 0 Å². The van der Waals surface area contributed by atoms with Gasteiger partial charge in [-0.05, 0) is 71.9 Å². The molecule has 0 spiro atoms. The molecule has 2 aromatic carbocycles. The number of nitrogens with zero attached hydrogens (tertiary/aromatic N) is 2. The Morgan fingerprint density at radius 2 is 1.67 bits per heavy atom. The number of carbonyl (C=O) groups excluding carboxylic acids is 1. The lowest BCUT2D eigenvalue weighted by molar-refractivity contribution is 0.262. The molecule has 0 radical (unpaired) electrons. The zero-order chi connectivity index (χ0) is 30.2. The molecule has 220 valence electrons. The number of hydrogen-bond donors (Lipinski definition) is 3. The van der Waals surface area contributed by atoms with E-state index in [0.29, 0.717) is 30.6 Å². The molecule has 2 aromatic heterocycles. The number of carbonyl (C=O) groups is 1. The number of aliphatic hydroxyl groups is 1. The molecule has 42 heavy (non-hydrogen) atoms. The second kappa shape index (κ2) is 14.1. The smallest absolute Gasteiger partial charge is 0.323 e. The molecule has 0 unspecified atom stereocenters. The number of aromatic nitrogens is 2. The van der Waals surface area contributed by atoms with Crippen molar-refractivity contribution >= 4 is 28.4 Å². The molecule has 7 heteroatoms. The van der Waals surface area contributed by atoms with Gasteiger partial charge < -0.3 is 15.7 Å². The summed E-state index contributed by atoms with van der Waals surface area (Å²) in [5.74, 6) is 0.398. The third kappa shape index (κ3) is 6.80. The van der Waals surface area contributed by atoms with Crippen LogP contribution in [0.3, 0.4) is 0 Å². The van der Waals surface area contributed by atoms with Gasteiger partial charge in [0.1, 0.15) is 11.3 Å². The van der Waals surface area contributed by atoms with Gasteiger partial charge in [-0.3, -0.25) is 9.36 Å². The molecule has 3 N–H and O–H groups in total. The van der Waals surface area contributed by atoms with Crippen LogP contribution in [-0.4, -0.2) is 27.3 Å². The molecule has 0 aliphatic carbocycles. The van der Waals surface area contributed by atoms with Gasteiger partial charge in [0.15, 0.2) is 0 Å². The summed E-state index contributed by atoms with van der Waals surface area (Å²) in [5.41, 5.74) is 5.80. The Labute approximate surface area is 248 Å². The highest BCUT2D eigenvalue weighted by Gasteiger charge is 2.22. The minimum Gasteiger partial charge on any atom is -0.396 e. The van der Waals surface area contributed by atoms with E-state index in [2.05, 4.69) is 49.9 Å². The molecule has 4 rings (SSSR count). The van der Waals surface area contributed by atoms with E-state index in [1.54, 1.807) is 10.8 Å². The lowest BCUT2D eigenvalue weighted by atomic mass is 9.93. The van der Waals surface area contributed by atoms with E-state index in [0.717, 1.165) is 46.2 Å². The van der Waals surface area contributed by atoms with Gasteiger partial charge >= 0.3 is 6.03 Å². The summed E-state index contributed by atoms with van der Waals surface area (Å²) in [4.78, 5) is 32.5. The fourth-order valence-corrected chi connectivity index (χ4v) is 5.42. The summed E-state index contributed by atoms with van der Waals surface area (Å²) in [6.45, 7) is 12.8. The van der Waals surface area contributed by atoms with Gasteiger partial charge in [-0.15, -0.1) is 6.58 Å². The first kappa shape index (κ1) is 30.7. The Hall–Kier alpha value is -4.23. The predicted molar refractivity (Wildman–Crippen MR) is 174 cm³/mol. The summed E-state index contributed by atoms with van der Waals surface area (Å²) < 4.78 is 1.65. The van der Waals surface area contributed by atoms with Crippen LogP contribution in [0, 0.1) is 0 Å². The lowest BCUT2D eigenvalue weighted by Gasteiger charge is -2.22. The van der Waals surface area contributed by atoms with Gasteiger partial charge in [0.25, 0.3) is 5.56 Å². The topological polar surface area (TPSA) is 96.2 Å². The third-order valence-electron chi connectivity index (χ3n) is 7.50. The van der Waals surface area contributed by atoms with Crippen LogP contribution < -0.4 is 16.2 Å². The SMILES string of the molecule is C=CCCCn1c(=O)c(NC(=O)Nc2c(C(C)C)cccc2C(C)C)c(-c2cccc(CCCO)c2)c2cccnc21. The van der Waals surface area contributed by atoms with Crippen LogP contribution in [0.5, 0.6) is 0 Å².